The van der Waals surface area contributed by atoms with E-state index in [0.29, 0.717) is 11.1 Å². The molecule has 2 radical (unpaired) electrons. The Labute approximate surface area is 70.2 Å². The molecule has 0 saturated carbocycles. The van der Waals surface area contributed by atoms with E-state index in [1.54, 1.807) is 24.3 Å². The van der Waals surface area contributed by atoms with Gasteiger partial charge in [0.05, 0.1) is 5.92 Å². The monoisotopic (exact) mass is 158 g/mol. The first-order valence-corrected chi connectivity index (χ1v) is 3.65. The summed E-state index contributed by atoms with van der Waals surface area (Å²) in [6, 6.07) is 6.70. The third-order valence-electron chi connectivity index (χ3n) is 2.02. The molecule has 2 rings (SSSR count). The van der Waals surface area contributed by atoms with E-state index in [-0.39, 0.29) is 11.6 Å². The molecule has 1 aliphatic carbocycles. The van der Waals surface area contributed by atoms with E-state index in [1.807, 2.05) is 0 Å². The topological polar surface area (TPSA) is 34.1 Å². The number of carbonyl (C=O) groups excluding carboxylic acids is 2. The molecule has 0 spiro atoms. The van der Waals surface area contributed by atoms with E-state index in [2.05, 4.69) is 0 Å². The molecule has 0 N–H and O–H groups in total. The third-order valence-corrected chi connectivity index (χ3v) is 2.02. The maximum atomic E-state index is 11.3. The van der Waals surface area contributed by atoms with Crippen LogP contribution in [-0.4, -0.2) is 11.6 Å². The van der Waals surface area contributed by atoms with Crippen LogP contribution in [0.3, 0.4) is 0 Å². The van der Waals surface area contributed by atoms with Gasteiger partial charge < -0.3 is 0 Å². The van der Waals surface area contributed by atoms with Crippen molar-refractivity contribution in [2.24, 2.45) is 5.92 Å². The first-order valence-electron chi connectivity index (χ1n) is 3.65. The fourth-order valence-electron chi connectivity index (χ4n) is 1.37. The van der Waals surface area contributed by atoms with Crippen molar-refractivity contribution < 1.29 is 9.59 Å². The van der Waals surface area contributed by atoms with E-state index >= 15 is 0 Å². The van der Waals surface area contributed by atoms with Crippen LogP contribution >= 0.6 is 0 Å². The molecule has 2 nitrogen and oxygen atoms in total. The number of rotatable bonds is 0. The van der Waals surface area contributed by atoms with Gasteiger partial charge in [0.2, 0.25) is 0 Å². The van der Waals surface area contributed by atoms with Crippen molar-refractivity contribution in [1.29, 1.82) is 0 Å². The summed E-state index contributed by atoms with van der Waals surface area (Å²) in [6.45, 7) is 5.37. The summed E-state index contributed by atoms with van der Waals surface area (Å²) >= 11 is 0. The molecule has 12 heavy (non-hydrogen) atoms. The highest BCUT2D eigenvalue weighted by Crippen LogP contribution is 2.25. The molecule has 0 unspecified atom stereocenters. The predicted octanol–water partition coefficient (Wildman–Crippen LogP) is 1.39. The minimum Gasteiger partial charge on any atom is -0.293 e. The van der Waals surface area contributed by atoms with Crippen molar-refractivity contribution in [1.82, 2.24) is 0 Å². The van der Waals surface area contributed by atoms with Gasteiger partial charge in [0, 0.05) is 11.1 Å². The van der Waals surface area contributed by atoms with Crippen molar-refractivity contribution in [3.05, 3.63) is 42.3 Å². The first kappa shape index (κ1) is 7.22. The highest BCUT2D eigenvalue weighted by Gasteiger charge is 2.34. The standard InChI is InChI=1S/C10H6O2/c1-6-9(11)7-4-2-3-5-8(7)10(6)12/h1-6H. The lowest BCUT2D eigenvalue weighted by atomic mass is 10.1. The Morgan fingerprint density at radius 3 is 1.83 bits per heavy atom. The lowest BCUT2D eigenvalue weighted by Gasteiger charge is -1.91. The molecule has 1 aromatic carbocycles. The molecular weight excluding hydrogens is 152 g/mol. The number of carbonyl (C=O) groups is 2. The second-order valence-corrected chi connectivity index (χ2v) is 2.75. The summed E-state index contributed by atoms with van der Waals surface area (Å²) in [6.07, 6.45) is 0. The number of benzene rings is 1. The Hall–Kier alpha value is -1.44. The number of hydrogen-bond donors (Lipinski definition) is 0. The normalized spacial score (nSPS) is 16.8. The van der Waals surface area contributed by atoms with Gasteiger partial charge in [0.25, 0.3) is 0 Å². The summed E-state index contributed by atoms with van der Waals surface area (Å²) in [7, 11) is 0. The number of fused-ring (bicyclic) bond motifs is 1. The molecule has 0 saturated heterocycles. The Balaban J connectivity index is 2.67. The Kier molecular flexibility index (Phi) is 1.37. The van der Waals surface area contributed by atoms with Gasteiger partial charge in [-0.05, 0) is 6.92 Å². The average molecular weight is 158 g/mol. The summed E-state index contributed by atoms with van der Waals surface area (Å²) in [5.41, 5.74) is 0.907. The maximum absolute atomic E-state index is 11.3. The van der Waals surface area contributed by atoms with Crippen LogP contribution in [0.5, 0.6) is 0 Å². The molecule has 0 fully saturated rings. The van der Waals surface area contributed by atoms with Crippen LogP contribution in [0.15, 0.2) is 24.3 Å². The van der Waals surface area contributed by atoms with Gasteiger partial charge in [-0.3, -0.25) is 9.59 Å². The van der Waals surface area contributed by atoms with E-state index in [4.69, 9.17) is 6.92 Å². The predicted molar refractivity (Wildman–Crippen MR) is 42.9 cm³/mol. The molecule has 0 amide bonds. The molecule has 2 heteroatoms. The molecule has 1 aromatic rings. The quantitative estimate of drug-likeness (QED) is 0.535. The fraction of sp³-hybridized carbons (Fsp3) is 0.100. The maximum Gasteiger partial charge on any atom is 0.174 e. The van der Waals surface area contributed by atoms with Gasteiger partial charge in [-0.15, -0.1) is 0 Å². The lowest BCUT2D eigenvalue weighted by molar-refractivity contribution is 0.0869. The Morgan fingerprint density at radius 1 is 1.00 bits per heavy atom. The van der Waals surface area contributed by atoms with Crippen molar-refractivity contribution in [3.63, 3.8) is 0 Å². The van der Waals surface area contributed by atoms with Crippen molar-refractivity contribution in [2.75, 3.05) is 0 Å². The highest BCUT2D eigenvalue weighted by molar-refractivity contribution is 6.26. The van der Waals surface area contributed by atoms with Gasteiger partial charge in [-0.25, -0.2) is 0 Å². The molecule has 0 heterocycles. The van der Waals surface area contributed by atoms with Gasteiger partial charge in [0.1, 0.15) is 0 Å². The summed E-state index contributed by atoms with van der Waals surface area (Å²) in [5, 5.41) is 0. The second-order valence-electron chi connectivity index (χ2n) is 2.75. The molecule has 1 aliphatic rings. The zero-order chi connectivity index (χ0) is 8.72. The van der Waals surface area contributed by atoms with Gasteiger partial charge >= 0.3 is 0 Å². The molecule has 58 valence electrons. The fourth-order valence-corrected chi connectivity index (χ4v) is 1.37. The number of ketones is 2. The second kappa shape index (κ2) is 2.27. The smallest absolute Gasteiger partial charge is 0.174 e. The van der Waals surface area contributed by atoms with Crippen molar-refractivity contribution in [3.8, 4) is 0 Å². The van der Waals surface area contributed by atoms with Crippen LogP contribution < -0.4 is 0 Å². The van der Waals surface area contributed by atoms with Crippen LogP contribution in [0.4, 0.5) is 0 Å². The molecule has 0 aromatic heterocycles. The summed E-state index contributed by atoms with van der Waals surface area (Å²) < 4.78 is 0. The molecule has 0 bridgehead atoms. The zero-order valence-corrected chi connectivity index (χ0v) is 6.28. The minimum atomic E-state index is -0.970. The van der Waals surface area contributed by atoms with E-state index < -0.39 is 5.92 Å². The largest absolute Gasteiger partial charge is 0.293 e. The van der Waals surface area contributed by atoms with Crippen LogP contribution in [0.25, 0.3) is 0 Å². The SMILES string of the molecule is [CH]C1C(=O)c2ccccc2C1=O. The van der Waals surface area contributed by atoms with Gasteiger partial charge in [-0.1, -0.05) is 24.3 Å². The lowest BCUT2D eigenvalue weighted by Crippen LogP contribution is -2.09. The van der Waals surface area contributed by atoms with Gasteiger partial charge in [0.15, 0.2) is 11.6 Å². The Morgan fingerprint density at radius 2 is 1.42 bits per heavy atom. The molecule has 0 aliphatic heterocycles. The van der Waals surface area contributed by atoms with Crippen LogP contribution in [0, 0.1) is 12.8 Å². The van der Waals surface area contributed by atoms with E-state index in [9.17, 15) is 9.59 Å². The van der Waals surface area contributed by atoms with E-state index in [0.717, 1.165) is 0 Å². The van der Waals surface area contributed by atoms with Crippen LogP contribution in [-0.2, 0) is 0 Å². The van der Waals surface area contributed by atoms with Gasteiger partial charge in [-0.2, -0.15) is 0 Å². The Bertz CT molecular complexity index is 331. The summed E-state index contributed by atoms with van der Waals surface area (Å²) in [5.74, 6) is -1.51. The highest BCUT2D eigenvalue weighted by atomic mass is 16.2. The molecular formula is C10H6O2. The number of hydrogen-bond acceptors (Lipinski definition) is 2. The summed E-state index contributed by atoms with van der Waals surface area (Å²) in [4.78, 5) is 22.5. The van der Waals surface area contributed by atoms with Crippen LogP contribution in [0.1, 0.15) is 20.7 Å². The number of Topliss-reactive ketones (excluding diaryl/α,β-unsaturated/α-hetero) is 2. The van der Waals surface area contributed by atoms with Crippen molar-refractivity contribution >= 4 is 11.6 Å². The van der Waals surface area contributed by atoms with Crippen LogP contribution in [0.2, 0.25) is 0 Å². The zero-order valence-electron chi connectivity index (χ0n) is 6.28. The molecule has 0 atom stereocenters. The van der Waals surface area contributed by atoms with Crippen molar-refractivity contribution in [2.45, 2.75) is 0 Å². The third kappa shape index (κ3) is 0.749. The van der Waals surface area contributed by atoms with E-state index in [1.165, 1.54) is 0 Å². The minimum absolute atomic E-state index is 0.268. The first-order chi connectivity index (χ1) is 5.72. The average Bonchev–Trinajstić information content (AvgIpc) is 2.33.